The Morgan fingerprint density at radius 1 is 1.18 bits per heavy atom. The molecule has 0 unspecified atom stereocenters. The first-order valence-corrected chi connectivity index (χ1v) is 5.31. The van der Waals surface area contributed by atoms with Crippen LogP contribution >= 0.6 is 0 Å². The summed E-state index contributed by atoms with van der Waals surface area (Å²) in [6, 6.07) is 5.49. The van der Waals surface area contributed by atoms with Crippen LogP contribution in [0.2, 0.25) is 0 Å². The molecule has 0 radical (unpaired) electrons. The lowest BCUT2D eigenvalue weighted by atomic mass is 10.4. The van der Waals surface area contributed by atoms with Crippen LogP contribution in [0.3, 0.4) is 0 Å². The second kappa shape index (κ2) is 4.78. The van der Waals surface area contributed by atoms with Crippen LogP contribution in [0, 0.1) is 13.8 Å². The van der Waals surface area contributed by atoms with E-state index in [0.29, 0.717) is 17.5 Å². The maximum atomic E-state index is 5.60. The van der Waals surface area contributed by atoms with Gasteiger partial charge in [0.05, 0.1) is 6.20 Å². The Hall–Kier alpha value is -2.17. The molecule has 0 aliphatic heterocycles. The quantitative estimate of drug-likeness (QED) is 0.876. The summed E-state index contributed by atoms with van der Waals surface area (Å²) >= 11 is 0. The molecule has 2 rings (SSSR count). The van der Waals surface area contributed by atoms with Crippen molar-refractivity contribution in [1.29, 1.82) is 0 Å². The van der Waals surface area contributed by atoms with Gasteiger partial charge in [-0.3, -0.25) is 4.98 Å². The summed E-state index contributed by atoms with van der Waals surface area (Å²) in [6.07, 6.45) is 1.67. The lowest BCUT2D eigenvalue weighted by Crippen LogP contribution is -1.98. The Kier molecular flexibility index (Phi) is 3.18. The van der Waals surface area contributed by atoms with Crippen LogP contribution in [-0.4, -0.2) is 22.0 Å². The summed E-state index contributed by atoms with van der Waals surface area (Å²) in [5.41, 5.74) is 0.951. The normalized spacial score (nSPS) is 10.1. The number of pyridine rings is 1. The topological polar surface area (TPSA) is 59.9 Å². The predicted molar refractivity (Wildman–Crippen MR) is 65.4 cm³/mol. The molecular formula is C12H14N4O. The minimum absolute atomic E-state index is 0.507. The molecule has 0 fully saturated rings. The highest BCUT2D eigenvalue weighted by Crippen LogP contribution is 2.20. The van der Waals surface area contributed by atoms with Crippen LogP contribution in [0.5, 0.6) is 11.6 Å². The molecule has 2 aromatic rings. The van der Waals surface area contributed by atoms with Crippen molar-refractivity contribution in [3.05, 3.63) is 35.9 Å². The largest absolute Gasteiger partial charge is 0.437 e. The van der Waals surface area contributed by atoms with Crippen molar-refractivity contribution in [1.82, 2.24) is 15.0 Å². The fourth-order valence-electron chi connectivity index (χ4n) is 1.36. The molecule has 0 bridgehead atoms. The fourth-order valence-corrected chi connectivity index (χ4v) is 1.36. The number of hydrogen-bond donors (Lipinski definition) is 1. The summed E-state index contributed by atoms with van der Waals surface area (Å²) in [5, 5.41) is 2.96. The van der Waals surface area contributed by atoms with Crippen molar-refractivity contribution in [2.75, 3.05) is 12.4 Å². The first-order valence-electron chi connectivity index (χ1n) is 5.31. The predicted octanol–water partition coefficient (Wildman–Crippen LogP) is 2.32. The molecular weight excluding hydrogens is 216 g/mol. The van der Waals surface area contributed by atoms with Crippen molar-refractivity contribution in [2.45, 2.75) is 13.8 Å². The molecule has 88 valence electrons. The van der Waals surface area contributed by atoms with E-state index in [4.69, 9.17) is 4.74 Å². The van der Waals surface area contributed by atoms with Crippen LogP contribution in [0.4, 0.5) is 5.82 Å². The lowest BCUT2D eigenvalue weighted by molar-refractivity contribution is 0.458. The molecule has 0 aromatic carbocycles. The minimum Gasteiger partial charge on any atom is -0.437 e. The average Bonchev–Trinajstić information content (AvgIpc) is 2.31. The first-order chi connectivity index (χ1) is 8.17. The van der Waals surface area contributed by atoms with E-state index < -0.39 is 0 Å². The van der Waals surface area contributed by atoms with Crippen LogP contribution in [0.25, 0.3) is 0 Å². The summed E-state index contributed by atoms with van der Waals surface area (Å²) < 4.78 is 5.60. The second-order valence-electron chi connectivity index (χ2n) is 3.63. The van der Waals surface area contributed by atoms with E-state index in [1.165, 1.54) is 0 Å². The van der Waals surface area contributed by atoms with E-state index in [0.717, 1.165) is 11.5 Å². The third-order valence-electron chi connectivity index (χ3n) is 2.18. The number of aryl methyl sites for hydroxylation is 2. The van der Waals surface area contributed by atoms with Crippen LogP contribution in [0.15, 0.2) is 24.4 Å². The molecule has 0 atom stereocenters. The zero-order chi connectivity index (χ0) is 12.3. The Balaban J connectivity index is 2.23. The number of nitrogens with zero attached hydrogens (tertiary/aromatic N) is 3. The van der Waals surface area contributed by atoms with Crippen LogP contribution in [0.1, 0.15) is 11.5 Å². The Bertz CT molecular complexity index is 510. The summed E-state index contributed by atoms with van der Waals surface area (Å²) in [6.45, 7) is 3.75. The van der Waals surface area contributed by atoms with Gasteiger partial charge in [-0.15, -0.1) is 0 Å². The Labute approximate surface area is 99.9 Å². The highest BCUT2D eigenvalue weighted by Gasteiger charge is 2.03. The third-order valence-corrected chi connectivity index (χ3v) is 2.18. The van der Waals surface area contributed by atoms with E-state index >= 15 is 0 Å². The third kappa shape index (κ3) is 2.90. The molecule has 5 heteroatoms. The second-order valence-corrected chi connectivity index (χ2v) is 3.63. The zero-order valence-corrected chi connectivity index (χ0v) is 10.1. The molecule has 17 heavy (non-hydrogen) atoms. The van der Waals surface area contributed by atoms with E-state index in [2.05, 4.69) is 20.3 Å². The average molecular weight is 230 g/mol. The molecule has 2 aromatic heterocycles. The molecule has 0 saturated heterocycles. The Morgan fingerprint density at radius 3 is 2.65 bits per heavy atom. The van der Waals surface area contributed by atoms with Gasteiger partial charge < -0.3 is 10.1 Å². The van der Waals surface area contributed by atoms with Gasteiger partial charge in [0.15, 0.2) is 0 Å². The summed E-state index contributed by atoms with van der Waals surface area (Å²) in [5.74, 6) is 2.56. The van der Waals surface area contributed by atoms with Gasteiger partial charge in [-0.25, -0.2) is 4.98 Å². The van der Waals surface area contributed by atoms with Crippen molar-refractivity contribution < 1.29 is 4.74 Å². The van der Waals surface area contributed by atoms with E-state index in [9.17, 15) is 0 Å². The molecule has 0 aliphatic carbocycles. The van der Waals surface area contributed by atoms with Gasteiger partial charge in [0.1, 0.15) is 17.4 Å². The molecule has 0 saturated carbocycles. The van der Waals surface area contributed by atoms with Gasteiger partial charge in [0.2, 0.25) is 5.88 Å². The number of rotatable bonds is 3. The monoisotopic (exact) mass is 230 g/mol. The minimum atomic E-state index is 0.507. The van der Waals surface area contributed by atoms with Gasteiger partial charge in [0.25, 0.3) is 0 Å². The first kappa shape index (κ1) is 11.3. The van der Waals surface area contributed by atoms with Crippen LogP contribution in [-0.2, 0) is 0 Å². The highest BCUT2D eigenvalue weighted by molar-refractivity contribution is 5.39. The summed E-state index contributed by atoms with van der Waals surface area (Å²) in [7, 11) is 1.80. The van der Waals surface area contributed by atoms with Crippen molar-refractivity contribution in [3.8, 4) is 11.6 Å². The SMILES string of the molecule is CNc1cc(Oc2ccc(C)nc2)nc(C)n1. The van der Waals surface area contributed by atoms with Gasteiger partial charge in [-0.2, -0.15) is 4.98 Å². The van der Waals surface area contributed by atoms with Gasteiger partial charge >= 0.3 is 0 Å². The number of anilines is 1. The summed E-state index contributed by atoms with van der Waals surface area (Å²) in [4.78, 5) is 12.5. The molecule has 1 N–H and O–H groups in total. The molecule has 0 spiro atoms. The molecule has 5 nitrogen and oxygen atoms in total. The van der Waals surface area contributed by atoms with Gasteiger partial charge in [-0.1, -0.05) is 0 Å². The highest BCUT2D eigenvalue weighted by atomic mass is 16.5. The molecule has 0 amide bonds. The van der Waals surface area contributed by atoms with Crippen molar-refractivity contribution in [2.24, 2.45) is 0 Å². The number of aromatic nitrogens is 3. The maximum Gasteiger partial charge on any atom is 0.224 e. The number of nitrogens with one attached hydrogen (secondary N) is 1. The van der Waals surface area contributed by atoms with E-state index in [-0.39, 0.29) is 0 Å². The lowest BCUT2D eigenvalue weighted by Gasteiger charge is -2.07. The standard InChI is InChI=1S/C12H14N4O/c1-8-4-5-10(7-14-8)17-12-6-11(13-3)15-9(2)16-12/h4-7H,1-3H3,(H,13,15,16). The van der Waals surface area contributed by atoms with E-state index in [1.54, 1.807) is 19.3 Å². The number of hydrogen-bond acceptors (Lipinski definition) is 5. The Morgan fingerprint density at radius 2 is 2.00 bits per heavy atom. The molecule has 2 heterocycles. The van der Waals surface area contributed by atoms with Crippen molar-refractivity contribution in [3.63, 3.8) is 0 Å². The number of ether oxygens (including phenoxy) is 1. The molecule has 0 aliphatic rings. The van der Waals surface area contributed by atoms with E-state index in [1.807, 2.05) is 26.0 Å². The van der Waals surface area contributed by atoms with Crippen molar-refractivity contribution >= 4 is 5.82 Å². The fraction of sp³-hybridized carbons (Fsp3) is 0.250. The zero-order valence-electron chi connectivity index (χ0n) is 10.1. The maximum absolute atomic E-state index is 5.60. The van der Waals surface area contributed by atoms with Crippen LogP contribution < -0.4 is 10.1 Å². The van der Waals surface area contributed by atoms with Gasteiger partial charge in [0, 0.05) is 18.8 Å². The van der Waals surface area contributed by atoms with Gasteiger partial charge in [-0.05, 0) is 26.0 Å². The smallest absolute Gasteiger partial charge is 0.224 e.